The number of hydrogen-bond donors (Lipinski definition) is 0. The van der Waals surface area contributed by atoms with Crippen LogP contribution in [0.4, 0.5) is 0 Å². The van der Waals surface area contributed by atoms with Gasteiger partial charge in [-0.1, -0.05) is 27.7 Å². The Kier molecular flexibility index (Phi) is 2.76. The second kappa shape index (κ2) is 4.18. The average Bonchev–Trinajstić information content (AvgIpc) is 2.87. The minimum absolute atomic E-state index is 0.583. The number of rotatable bonds is 2. The second-order valence-corrected chi connectivity index (χ2v) is 6.32. The van der Waals surface area contributed by atoms with E-state index < -0.39 is 0 Å². The molecular formula is C16H22N2. The third-order valence-corrected chi connectivity index (χ3v) is 4.26. The van der Waals surface area contributed by atoms with Crippen LogP contribution in [0.2, 0.25) is 0 Å². The Morgan fingerprint density at radius 3 is 1.39 bits per heavy atom. The van der Waals surface area contributed by atoms with Gasteiger partial charge in [0.15, 0.2) is 0 Å². The zero-order valence-corrected chi connectivity index (χ0v) is 11.9. The van der Waals surface area contributed by atoms with Gasteiger partial charge in [-0.25, -0.2) is 0 Å². The summed E-state index contributed by atoms with van der Waals surface area (Å²) in [5.41, 5.74) is 8.52. The van der Waals surface area contributed by atoms with Gasteiger partial charge >= 0.3 is 0 Å². The Morgan fingerprint density at radius 1 is 0.667 bits per heavy atom. The van der Waals surface area contributed by atoms with Crippen LogP contribution < -0.4 is 0 Å². The van der Waals surface area contributed by atoms with E-state index in [9.17, 15) is 0 Å². The van der Waals surface area contributed by atoms with Crippen LogP contribution in [0.3, 0.4) is 0 Å². The fraction of sp³-hybridized carbons (Fsp3) is 0.625. The molecule has 0 aromatic carbocycles. The third kappa shape index (κ3) is 1.88. The fourth-order valence-corrected chi connectivity index (χ4v) is 2.95. The molecule has 18 heavy (non-hydrogen) atoms. The summed E-state index contributed by atoms with van der Waals surface area (Å²) in [6, 6.07) is 0. The number of allylic oxidation sites excluding steroid dienone is 2. The van der Waals surface area contributed by atoms with Gasteiger partial charge in [-0.05, 0) is 23.0 Å². The van der Waals surface area contributed by atoms with Crippen molar-refractivity contribution in [3.8, 4) is 0 Å². The lowest BCUT2D eigenvalue weighted by molar-refractivity contribution is 0.863. The molecule has 2 nitrogen and oxygen atoms in total. The van der Waals surface area contributed by atoms with E-state index in [4.69, 9.17) is 9.98 Å². The Hall–Kier alpha value is -1.18. The molecule has 0 N–H and O–H groups in total. The zero-order chi connectivity index (χ0) is 12.9. The van der Waals surface area contributed by atoms with Crippen LogP contribution in [-0.2, 0) is 0 Å². The highest BCUT2D eigenvalue weighted by molar-refractivity contribution is 5.94. The van der Waals surface area contributed by atoms with Crippen LogP contribution in [0.15, 0.2) is 32.5 Å². The van der Waals surface area contributed by atoms with Gasteiger partial charge in [-0.2, -0.15) is 0 Å². The molecule has 2 heterocycles. The standard InChI is InChI=1S/C16H22N2/c1-9(2)13-5-11-7-16-12(8-15(11)17-13)6-14(18-16)10(3)4/h9-10H,5-8H2,1-4H3. The average molecular weight is 242 g/mol. The van der Waals surface area contributed by atoms with Gasteiger partial charge in [-0.3, -0.25) is 9.98 Å². The van der Waals surface area contributed by atoms with Crippen molar-refractivity contribution in [2.24, 2.45) is 21.8 Å². The fourth-order valence-electron chi connectivity index (χ4n) is 2.95. The van der Waals surface area contributed by atoms with Crippen LogP contribution >= 0.6 is 0 Å². The first kappa shape index (κ1) is 11.9. The topological polar surface area (TPSA) is 24.7 Å². The van der Waals surface area contributed by atoms with Crippen molar-refractivity contribution in [1.82, 2.24) is 0 Å². The summed E-state index contributed by atoms with van der Waals surface area (Å²) in [5.74, 6) is 1.17. The maximum Gasteiger partial charge on any atom is 0.0444 e. The predicted octanol–water partition coefficient (Wildman–Crippen LogP) is 4.29. The van der Waals surface area contributed by atoms with E-state index in [1.165, 1.54) is 34.0 Å². The molecule has 1 aliphatic carbocycles. The Bertz CT molecular complexity index is 465. The molecule has 0 amide bonds. The Labute approximate surface area is 110 Å². The van der Waals surface area contributed by atoms with E-state index in [1.807, 2.05) is 0 Å². The van der Waals surface area contributed by atoms with Crippen LogP contribution in [0.1, 0.15) is 53.4 Å². The smallest absolute Gasteiger partial charge is 0.0444 e. The van der Waals surface area contributed by atoms with Gasteiger partial charge in [0.2, 0.25) is 0 Å². The first-order chi connectivity index (χ1) is 8.54. The summed E-state index contributed by atoms with van der Waals surface area (Å²) >= 11 is 0. The Morgan fingerprint density at radius 2 is 1.06 bits per heavy atom. The van der Waals surface area contributed by atoms with E-state index in [0.29, 0.717) is 11.8 Å². The lowest BCUT2D eigenvalue weighted by atomic mass is 9.90. The first-order valence-electron chi connectivity index (χ1n) is 7.11. The van der Waals surface area contributed by atoms with Crippen molar-refractivity contribution < 1.29 is 0 Å². The molecule has 0 saturated carbocycles. The number of hydrogen-bond acceptors (Lipinski definition) is 2. The first-order valence-corrected chi connectivity index (χ1v) is 7.11. The number of nitrogens with zero attached hydrogens (tertiary/aromatic N) is 2. The molecule has 0 bridgehead atoms. The lowest BCUT2D eigenvalue weighted by Crippen LogP contribution is -2.04. The molecule has 96 valence electrons. The zero-order valence-electron chi connectivity index (χ0n) is 11.9. The molecule has 0 saturated heterocycles. The maximum absolute atomic E-state index is 4.85. The van der Waals surface area contributed by atoms with Crippen molar-refractivity contribution in [1.29, 1.82) is 0 Å². The van der Waals surface area contributed by atoms with Gasteiger partial charge in [0.1, 0.15) is 0 Å². The van der Waals surface area contributed by atoms with Crippen molar-refractivity contribution in [2.75, 3.05) is 0 Å². The van der Waals surface area contributed by atoms with Gasteiger partial charge in [0.05, 0.1) is 0 Å². The quantitative estimate of drug-likeness (QED) is 0.690. The molecule has 0 aromatic heterocycles. The van der Waals surface area contributed by atoms with Gasteiger partial charge in [0, 0.05) is 48.5 Å². The monoisotopic (exact) mass is 242 g/mol. The van der Waals surface area contributed by atoms with Crippen molar-refractivity contribution >= 4 is 11.4 Å². The molecule has 2 heteroatoms. The van der Waals surface area contributed by atoms with Crippen molar-refractivity contribution in [3.05, 3.63) is 22.5 Å². The van der Waals surface area contributed by atoms with E-state index in [0.717, 1.165) is 25.7 Å². The van der Waals surface area contributed by atoms with Crippen molar-refractivity contribution in [2.45, 2.75) is 53.4 Å². The molecule has 2 aliphatic heterocycles. The maximum atomic E-state index is 4.85. The second-order valence-electron chi connectivity index (χ2n) is 6.32. The summed E-state index contributed by atoms with van der Waals surface area (Å²) in [4.78, 5) is 9.70. The van der Waals surface area contributed by atoms with E-state index in [-0.39, 0.29) is 0 Å². The molecular weight excluding hydrogens is 220 g/mol. The summed E-state index contributed by atoms with van der Waals surface area (Å²) in [5, 5.41) is 0. The minimum Gasteiger partial charge on any atom is -0.261 e. The van der Waals surface area contributed by atoms with Gasteiger partial charge in [0.25, 0.3) is 0 Å². The van der Waals surface area contributed by atoms with Crippen LogP contribution in [-0.4, -0.2) is 11.4 Å². The van der Waals surface area contributed by atoms with Gasteiger partial charge < -0.3 is 0 Å². The highest BCUT2D eigenvalue weighted by atomic mass is 14.9. The molecule has 0 spiro atoms. The minimum atomic E-state index is 0.583. The van der Waals surface area contributed by atoms with E-state index in [1.54, 1.807) is 0 Å². The van der Waals surface area contributed by atoms with Crippen LogP contribution in [0.5, 0.6) is 0 Å². The number of aliphatic imine (C=N–C) groups is 2. The highest BCUT2D eigenvalue weighted by Gasteiger charge is 2.30. The van der Waals surface area contributed by atoms with Crippen LogP contribution in [0.25, 0.3) is 0 Å². The normalized spacial score (nSPS) is 22.8. The molecule has 0 unspecified atom stereocenters. The molecule has 0 aromatic rings. The van der Waals surface area contributed by atoms with Gasteiger partial charge in [-0.15, -0.1) is 0 Å². The molecule has 0 radical (unpaired) electrons. The predicted molar refractivity (Wildman–Crippen MR) is 77.1 cm³/mol. The summed E-state index contributed by atoms with van der Waals surface area (Å²) < 4.78 is 0. The largest absolute Gasteiger partial charge is 0.261 e. The van der Waals surface area contributed by atoms with E-state index >= 15 is 0 Å². The molecule has 3 rings (SSSR count). The molecule has 0 fully saturated rings. The Balaban J connectivity index is 1.76. The SMILES string of the molecule is CC(C)C1=NC2=C(C1)CC1=C(CC(C(C)C)=N1)C2. The summed E-state index contributed by atoms with van der Waals surface area (Å²) in [6.07, 6.45) is 4.30. The lowest BCUT2D eigenvalue weighted by Gasteiger charge is -2.14. The van der Waals surface area contributed by atoms with E-state index in [2.05, 4.69) is 27.7 Å². The van der Waals surface area contributed by atoms with Crippen molar-refractivity contribution in [3.63, 3.8) is 0 Å². The summed E-state index contributed by atoms with van der Waals surface area (Å²) in [7, 11) is 0. The summed E-state index contributed by atoms with van der Waals surface area (Å²) in [6.45, 7) is 8.97. The molecule has 0 atom stereocenters. The van der Waals surface area contributed by atoms with Crippen LogP contribution in [0, 0.1) is 11.8 Å². The highest BCUT2D eigenvalue weighted by Crippen LogP contribution is 2.42. The molecule has 3 aliphatic rings. The third-order valence-electron chi connectivity index (χ3n) is 4.26.